The Morgan fingerprint density at radius 2 is 1.52 bits per heavy atom. The third-order valence-electron chi connectivity index (χ3n) is 3.55. The Morgan fingerprint density at radius 3 is 2.14 bits per heavy atom. The normalized spacial score (nSPS) is 11.4. The average Bonchev–Trinajstić information content (AvgIpc) is 2.54. The van der Waals surface area contributed by atoms with Crippen LogP contribution in [0.4, 0.5) is 4.39 Å². The molecular weight excluding hydrogens is 310 g/mol. The van der Waals surface area contributed by atoms with Crippen LogP contribution < -0.4 is 4.74 Å². The lowest BCUT2D eigenvalue weighted by molar-refractivity contribution is 0.272. The first-order valence-corrected chi connectivity index (χ1v) is 7.83. The van der Waals surface area contributed by atoms with Gasteiger partial charge in [-0.2, -0.15) is 0 Å². The van der Waals surface area contributed by atoms with Crippen LogP contribution in [0.15, 0.2) is 54.6 Å². The van der Waals surface area contributed by atoms with E-state index in [1.807, 2.05) is 30.3 Å². The van der Waals surface area contributed by atoms with E-state index in [9.17, 15) is 4.39 Å². The monoisotopic (exact) mass is 326 g/mol. The zero-order valence-electron chi connectivity index (χ0n) is 11.6. The highest BCUT2D eigenvalue weighted by molar-refractivity contribution is 6.22. The van der Waals surface area contributed by atoms with Crippen LogP contribution in [0, 0.1) is 5.82 Å². The second-order valence-electron chi connectivity index (χ2n) is 4.94. The second-order valence-corrected chi connectivity index (χ2v) is 5.47. The molecule has 112 valence electrons. The first kappa shape index (κ1) is 16.1. The van der Waals surface area contributed by atoms with Crippen molar-refractivity contribution in [2.45, 2.75) is 11.8 Å². The minimum absolute atomic E-state index is 0.246. The van der Waals surface area contributed by atoms with Gasteiger partial charge in [-0.15, -0.1) is 23.2 Å². The summed E-state index contributed by atoms with van der Waals surface area (Å²) in [5, 5.41) is 0. The lowest BCUT2D eigenvalue weighted by atomic mass is 9.81. The standard InChI is InChI=1S/C17H17Cl2FO/c18-12-17(13-19,15-8-4-5-9-16(15)20)10-11-21-14-6-2-1-3-7-14/h1-9H,10-13H2. The van der Waals surface area contributed by atoms with Gasteiger partial charge in [0, 0.05) is 17.2 Å². The maximum atomic E-state index is 14.1. The van der Waals surface area contributed by atoms with Gasteiger partial charge in [-0.05, 0) is 30.2 Å². The molecule has 0 fully saturated rings. The van der Waals surface area contributed by atoms with Crippen LogP contribution in [0.25, 0.3) is 0 Å². The van der Waals surface area contributed by atoms with Crippen molar-refractivity contribution >= 4 is 23.2 Å². The molecule has 0 radical (unpaired) electrons. The van der Waals surface area contributed by atoms with Gasteiger partial charge in [-0.1, -0.05) is 36.4 Å². The van der Waals surface area contributed by atoms with E-state index in [1.165, 1.54) is 6.07 Å². The van der Waals surface area contributed by atoms with Gasteiger partial charge in [0.05, 0.1) is 6.61 Å². The number of ether oxygens (including phenoxy) is 1. The molecule has 0 aliphatic heterocycles. The van der Waals surface area contributed by atoms with E-state index in [1.54, 1.807) is 18.2 Å². The first-order chi connectivity index (χ1) is 10.2. The Kier molecular flexibility index (Phi) is 5.89. The van der Waals surface area contributed by atoms with Gasteiger partial charge in [0.2, 0.25) is 0 Å². The molecule has 2 aromatic rings. The Hall–Kier alpha value is -1.25. The van der Waals surface area contributed by atoms with Crippen molar-refractivity contribution in [2.75, 3.05) is 18.4 Å². The minimum Gasteiger partial charge on any atom is -0.494 e. The molecule has 0 saturated carbocycles. The molecule has 0 N–H and O–H groups in total. The zero-order valence-corrected chi connectivity index (χ0v) is 13.1. The topological polar surface area (TPSA) is 9.23 Å². The van der Waals surface area contributed by atoms with Crippen molar-refractivity contribution in [3.63, 3.8) is 0 Å². The number of hydrogen-bond donors (Lipinski definition) is 0. The predicted molar refractivity (Wildman–Crippen MR) is 86.1 cm³/mol. The highest BCUT2D eigenvalue weighted by atomic mass is 35.5. The minimum atomic E-state index is -0.622. The third-order valence-corrected chi connectivity index (χ3v) is 4.57. The maximum absolute atomic E-state index is 14.1. The number of alkyl halides is 2. The van der Waals surface area contributed by atoms with Crippen molar-refractivity contribution in [2.24, 2.45) is 0 Å². The molecule has 0 heterocycles. The van der Waals surface area contributed by atoms with Gasteiger partial charge in [-0.3, -0.25) is 0 Å². The number of hydrogen-bond acceptors (Lipinski definition) is 1. The number of benzene rings is 2. The van der Waals surface area contributed by atoms with Crippen molar-refractivity contribution in [1.29, 1.82) is 0 Å². The third kappa shape index (κ3) is 3.90. The van der Waals surface area contributed by atoms with Crippen LogP contribution in [-0.4, -0.2) is 18.4 Å². The molecule has 2 rings (SSSR count). The highest BCUT2D eigenvalue weighted by Gasteiger charge is 2.33. The first-order valence-electron chi connectivity index (χ1n) is 6.76. The van der Waals surface area contributed by atoms with E-state index in [0.29, 0.717) is 18.6 Å². The predicted octanol–water partition coefficient (Wildman–Crippen LogP) is 5.01. The summed E-state index contributed by atoms with van der Waals surface area (Å²) in [6.07, 6.45) is 0.551. The number of para-hydroxylation sites is 1. The lowest BCUT2D eigenvalue weighted by Crippen LogP contribution is -2.33. The van der Waals surface area contributed by atoms with E-state index in [-0.39, 0.29) is 17.6 Å². The quantitative estimate of drug-likeness (QED) is 0.650. The Labute approximate surface area is 134 Å². The summed E-state index contributed by atoms with van der Waals surface area (Å²) in [5.74, 6) is 0.994. The Balaban J connectivity index is 2.10. The number of halogens is 3. The van der Waals surface area contributed by atoms with Crippen LogP contribution >= 0.6 is 23.2 Å². The molecule has 4 heteroatoms. The highest BCUT2D eigenvalue weighted by Crippen LogP contribution is 2.33. The molecule has 0 amide bonds. The SMILES string of the molecule is Fc1ccccc1C(CCl)(CCl)CCOc1ccccc1. The fourth-order valence-electron chi connectivity index (χ4n) is 2.22. The van der Waals surface area contributed by atoms with Crippen molar-refractivity contribution < 1.29 is 9.13 Å². The average molecular weight is 327 g/mol. The van der Waals surface area contributed by atoms with Crippen LogP contribution in [-0.2, 0) is 5.41 Å². The molecule has 0 spiro atoms. The van der Waals surface area contributed by atoms with Crippen LogP contribution in [0.3, 0.4) is 0 Å². The van der Waals surface area contributed by atoms with Gasteiger partial charge in [-0.25, -0.2) is 4.39 Å². The molecule has 21 heavy (non-hydrogen) atoms. The maximum Gasteiger partial charge on any atom is 0.127 e. The second kappa shape index (κ2) is 7.67. The molecule has 0 aliphatic rings. The van der Waals surface area contributed by atoms with E-state index in [0.717, 1.165) is 5.75 Å². The summed E-state index contributed by atoms with van der Waals surface area (Å²) in [5.41, 5.74) is -0.0740. The van der Waals surface area contributed by atoms with Gasteiger partial charge >= 0.3 is 0 Å². The fraction of sp³-hybridized carbons (Fsp3) is 0.294. The molecule has 1 nitrogen and oxygen atoms in total. The summed E-state index contributed by atoms with van der Waals surface area (Å²) in [7, 11) is 0. The van der Waals surface area contributed by atoms with Crippen LogP contribution in [0.1, 0.15) is 12.0 Å². The van der Waals surface area contributed by atoms with Crippen molar-refractivity contribution in [3.8, 4) is 5.75 Å². The van der Waals surface area contributed by atoms with Crippen LogP contribution in [0.5, 0.6) is 5.75 Å². The molecule has 0 bridgehead atoms. The molecule has 0 saturated heterocycles. The largest absolute Gasteiger partial charge is 0.494 e. The van der Waals surface area contributed by atoms with Gasteiger partial charge < -0.3 is 4.74 Å². The zero-order chi connectivity index (χ0) is 15.1. The summed E-state index contributed by atoms with van der Waals surface area (Å²) >= 11 is 12.2. The lowest BCUT2D eigenvalue weighted by Gasteiger charge is -2.30. The van der Waals surface area contributed by atoms with Crippen LogP contribution in [0.2, 0.25) is 0 Å². The smallest absolute Gasteiger partial charge is 0.127 e. The summed E-state index contributed by atoms with van der Waals surface area (Å²) in [6, 6.07) is 16.1. The molecule has 0 unspecified atom stereocenters. The summed E-state index contributed by atoms with van der Waals surface area (Å²) < 4.78 is 19.7. The molecular formula is C17H17Cl2FO. The van der Waals surface area contributed by atoms with E-state index >= 15 is 0 Å². The Morgan fingerprint density at radius 1 is 0.905 bits per heavy atom. The van der Waals surface area contributed by atoms with Gasteiger partial charge in [0.1, 0.15) is 11.6 Å². The van der Waals surface area contributed by atoms with Crippen molar-refractivity contribution in [3.05, 3.63) is 66.0 Å². The van der Waals surface area contributed by atoms with Gasteiger partial charge in [0.25, 0.3) is 0 Å². The fourth-order valence-corrected chi connectivity index (χ4v) is 3.06. The van der Waals surface area contributed by atoms with Crippen molar-refractivity contribution in [1.82, 2.24) is 0 Å². The van der Waals surface area contributed by atoms with Gasteiger partial charge in [0.15, 0.2) is 0 Å². The summed E-state index contributed by atoms with van der Waals surface area (Å²) in [4.78, 5) is 0. The van der Waals surface area contributed by atoms with E-state index < -0.39 is 5.41 Å². The molecule has 2 aromatic carbocycles. The van der Waals surface area contributed by atoms with E-state index in [2.05, 4.69) is 0 Å². The van der Waals surface area contributed by atoms with E-state index in [4.69, 9.17) is 27.9 Å². The Bertz CT molecular complexity index is 556. The molecule has 0 atom stereocenters. The summed E-state index contributed by atoms with van der Waals surface area (Å²) in [6.45, 7) is 0.428. The molecule has 0 aromatic heterocycles. The molecule has 0 aliphatic carbocycles. The number of rotatable bonds is 7.